The number of rotatable bonds is 1. The third-order valence-corrected chi connectivity index (χ3v) is 2.30. The number of halogens is 1. The molecule has 4 heteroatoms. The summed E-state index contributed by atoms with van der Waals surface area (Å²) in [5, 5.41) is 0.693. The lowest BCUT2D eigenvalue weighted by Gasteiger charge is -2.07. The van der Waals surface area contributed by atoms with Crippen LogP contribution in [0.25, 0.3) is 10.9 Å². The Labute approximate surface area is 86.7 Å². The zero-order valence-corrected chi connectivity index (χ0v) is 8.54. The minimum absolute atomic E-state index is 0.342. The molecule has 0 unspecified atom stereocenters. The second-order valence-corrected chi connectivity index (χ2v) is 3.37. The van der Waals surface area contributed by atoms with Crippen molar-refractivity contribution in [2.45, 2.75) is 6.92 Å². The molecule has 0 aliphatic carbocycles. The quantitative estimate of drug-likeness (QED) is 0.778. The van der Waals surface area contributed by atoms with Crippen molar-refractivity contribution in [1.82, 2.24) is 4.98 Å². The van der Waals surface area contributed by atoms with E-state index < -0.39 is 0 Å². The fourth-order valence-electron chi connectivity index (χ4n) is 1.50. The van der Waals surface area contributed by atoms with Crippen molar-refractivity contribution in [2.24, 2.45) is 0 Å². The first-order valence-electron chi connectivity index (χ1n) is 4.52. The lowest BCUT2D eigenvalue weighted by Crippen LogP contribution is -1.96. The Hall–Kier alpha value is -1.84. The minimum atomic E-state index is -0.342. The Morgan fingerprint density at radius 2 is 2.07 bits per heavy atom. The Kier molecular flexibility index (Phi) is 2.19. The summed E-state index contributed by atoms with van der Waals surface area (Å²) in [6.45, 7) is 1.83. The second kappa shape index (κ2) is 3.38. The predicted octanol–water partition coefficient (Wildman–Crippen LogP) is 2.27. The summed E-state index contributed by atoms with van der Waals surface area (Å²) in [5.74, 6) is 0.495. The van der Waals surface area contributed by atoms with Crippen LogP contribution in [-0.2, 0) is 0 Å². The predicted molar refractivity (Wildman–Crippen MR) is 57.4 cm³/mol. The molecule has 1 heterocycles. The summed E-state index contributed by atoms with van der Waals surface area (Å²) in [4.78, 5) is 4.17. The number of hydrogen-bond acceptors (Lipinski definition) is 3. The van der Waals surface area contributed by atoms with Crippen LogP contribution in [-0.4, -0.2) is 12.1 Å². The topological polar surface area (TPSA) is 48.1 Å². The van der Waals surface area contributed by atoms with Crippen LogP contribution in [0.1, 0.15) is 5.56 Å². The zero-order valence-electron chi connectivity index (χ0n) is 8.54. The van der Waals surface area contributed by atoms with Crippen molar-refractivity contribution < 1.29 is 9.13 Å². The van der Waals surface area contributed by atoms with E-state index in [0.29, 0.717) is 22.5 Å². The van der Waals surface area contributed by atoms with Crippen LogP contribution < -0.4 is 10.5 Å². The van der Waals surface area contributed by atoms with Gasteiger partial charge in [0.2, 0.25) is 0 Å². The molecule has 0 atom stereocenters. The lowest BCUT2D eigenvalue weighted by molar-refractivity contribution is 0.415. The van der Waals surface area contributed by atoms with E-state index in [1.165, 1.54) is 19.2 Å². The van der Waals surface area contributed by atoms with E-state index >= 15 is 0 Å². The van der Waals surface area contributed by atoms with Gasteiger partial charge < -0.3 is 10.5 Å². The Balaban J connectivity index is 2.84. The molecule has 2 rings (SSSR count). The van der Waals surface area contributed by atoms with E-state index in [9.17, 15) is 4.39 Å². The molecule has 1 aromatic carbocycles. The average molecular weight is 206 g/mol. The number of methoxy groups -OCH3 is 1. The molecule has 2 aromatic rings. The van der Waals surface area contributed by atoms with Crippen molar-refractivity contribution in [1.29, 1.82) is 0 Å². The minimum Gasteiger partial charge on any atom is -0.494 e. The van der Waals surface area contributed by atoms with Gasteiger partial charge in [-0.05, 0) is 24.6 Å². The number of aryl methyl sites for hydroxylation is 1. The maximum atomic E-state index is 13.2. The monoisotopic (exact) mass is 206 g/mol. The molecule has 0 saturated heterocycles. The van der Waals surface area contributed by atoms with Crippen molar-refractivity contribution >= 4 is 16.7 Å². The van der Waals surface area contributed by atoms with Gasteiger partial charge in [-0.3, -0.25) is 0 Å². The highest BCUT2D eigenvalue weighted by atomic mass is 19.1. The third-order valence-electron chi connectivity index (χ3n) is 2.30. The molecule has 15 heavy (non-hydrogen) atoms. The number of nitrogens with two attached hydrogens (primary N) is 1. The normalized spacial score (nSPS) is 10.6. The molecule has 2 N–H and O–H groups in total. The van der Waals surface area contributed by atoms with E-state index in [1.54, 1.807) is 6.07 Å². The van der Waals surface area contributed by atoms with Crippen LogP contribution in [0, 0.1) is 12.7 Å². The van der Waals surface area contributed by atoms with Crippen LogP contribution in [0.4, 0.5) is 10.2 Å². The number of aromatic nitrogens is 1. The summed E-state index contributed by atoms with van der Waals surface area (Å²) in [5.41, 5.74) is 7.10. The zero-order chi connectivity index (χ0) is 11.0. The molecule has 0 bridgehead atoms. The molecule has 0 amide bonds. The molecule has 3 nitrogen and oxygen atoms in total. The van der Waals surface area contributed by atoms with Crippen molar-refractivity contribution in [2.75, 3.05) is 12.8 Å². The first-order chi connectivity index (χ1) is 7.11. The van der Waals surface area contributed by atoms with E-state index in [2.05, 4.69) is 4.98 Å². The van der Waals surface area contributed by atoms with Gasteiger partial charge in [0.15, 0.2) is 0 Å². The standard InChI is InChI=1S/C11H11FN2O/c1-6-3-7-4-8(12)5-9(15-2)10(7)14-11(6)13/h3-5H,1-2H3,(H2,13,14). The van der Waals surface area contributed by atoms with Crippen molar-refractivity contribution in [3.05, 3.63) is 29.6 Å². The van der Waals surface area contributed by atoms with Crippen LogP contribution in [0.3, 0.4) is 0 Å². The highest BCUT2D eigenvalue weighted by molar-refractivity contribution is 5.86. The van der Waals surface area contributed by atoms with Crippen LogP contribution in [0.5, 0.6) is 5.75 Å². The summed E-state index contributed by atoms with van der Waals surface area (Å²) in [7, 11) is 1.48. The molecule has 0 saturated carbocycles. The maximum absolute atomic E-state index is 13.2. The molecule has 0 spiro atoms. The van der Waals surface area contributed by atoms with Gasteiger partial charge in [0.1, 0.15) is 22.9 Å². The molecule has 0 radical (unpaired) electrons. The van der Waals surface area contributed by atoms with Gasteiger partial charge in [0.05, 0.1) is 7.11 Å². The molecule has 0 fully saturated rings. The highest BCUT2D eigenvalue weighted by Crippen LogP contribution is 2.27. The van der Waals surface area contributed by atoms with E-state index in [-0.39, 0.29) is 5.82 Å². The van der Waals surface area contributed by atoms with Gasteiger partial charge in [-0.15, -0.1) is 0 Å². The Morgan fingerprint density at radius 1 is 1.33 bits per heavy atom. The number of ether oxygens (including phenoxy) is 1. The smallest absolute Gasteiger partial charge is 0.148 e. The molecular weight excluding hydrogens is 195 g/mol. The average Bonchev–Trinajstić information content (AvgIpc) is 2.19. The van der Waals surface area contributed by atoms with Crippen LogP contribution >= 0.6 is 0 Å². The Bertz CT molecular complexity index is 525. The van der Waals surface area contributed by atoms with E-state index in [4.69, 9.17) is 10.5 Å². The van der Waals surface area contributed by atoms with Crippen LogP contribution in [0.2, 0.25) is 0 Å². The Morgan fingerprint density at radius 3 is 2.73 bits per heavy atom. The highest BCUT2D eigenvalue weighted by Gasteiger charge is 2.08. The number of pyridine rings is 1. The number of benzene rings is 1. The molecular formula is C11H11FN2O. The summed E-state index contributed by atoms with van der Waals surface area (Å²) < 4.78 is 18.2. The first-order valence-corrected chi connectivity index (χ1v) is 4.52. The third kappa shape index (κ3) is 1.58. The SMILES string of the molecule is COc1cc(F)cc2cc(C)c(N)nc12. The van der Waals surface area contributed by atoms with Gasteiger partial charge >= 0.3 is 0 Å². The van der Waals surface area contributed by atoms with Gasteiger partial charge in [-0.1, -0.05) is 0 Å². The number of fused-ring (bicyclic) bond motifs is 1. The van der Waals surface area contributed by atoms with Crippen molar-refractivity contribution in [3.63, 3.8) is 0 Å². The molecule has 0 aliphatic heterocycles. The number of nitrogens with zero attached hydrogens (tertiary/aromatic N) is 1. The summed E-state index contributed by atoms with van der Waals surface area (Å²) in [6.07, 6.45) is 0. The second-order valence-electron chi connectivity index (χ2n) is 3.37. The van der Waals surface area contributed by atoms with Gasteiger partial charge in [0, 0.05) is 11.5 Å². The summed E-state index contributed by atoms with van der Waals surface area (Å²) >= 11 is 0. The number of nitrogen functional groups attached to an aromatic ring is 1. The number of hydrogen-bond donors (Lipinski definition) is 1. The largest absolute Gasteiger partial charge is 0.494 e. The summed E-state index contributed by atoms with van der Waals surface area (Å²) in [6, 6.07) is 4.50. The van der Waals surface area contributed by atoms with Gasteiger partial charge in [-0.2, -0.15) is 0 Å². The first kappa shape index (κ1) is 9.71. The number of anilines is 1. The molecule has 78 valence electrons. The molecule has 1 aromatic heterocycles. The fraction of sp³-hybridized carbons (Fsp3) is 0.182. The van der Waals surface area contributed by atoms with E-state index in [0.717, 1.165) is 5.56 Å². The maximum Gasteiger partial charge on any atom is 0.148 e. The fourth-order valence-corrected chi connectivity index (χ4v) is 1.50. The molecule has 0 aliphatic rings. The van der Waals surface area contributed by atoms with Gasteiger partial charge in [0.25, 0.3) is 0 Å². The lowest BCUT2D eigenvalue weighted by atomic mass is 10.1. The van der Waals surface area contributed by atoms with Gasteiger partial charge in [-0.25, -0.2) is 9.37 Å². The van der Waals surface area contributed by atoms with Crippen LogP contribution in [0.15, 0.2) is 18.2 Å². The van der Waals surface area contributed by atoms with E-state index in [1.807, 2.05) is 6.92 Å². The van der Waals surface area contributed by atoms with Crippen molar-refractivity contribution in [3.8, 4) is 5.75 Å².